The maximum absolute atomic E-state index is 6.56. The first-order chi connectivity index (χ1) is 10.2. The van der Waals surface area contributed by atoms with E-state index in [9.17, 15) is 0 Å². The molecule has 0 saturated carbocycles. The lowest BCUT2D eigenvalue weighted by Gasteiger charge is -2.28. The summed E-state index contributed by atoms with van der Waals surface area (Å²) in [7, 11) is 0. The molecule has 0 radical (unpaired) electrons. The van der Waals surface area contributed by atoms with E-state index in [1.54, 1.807) is 0 Å². The SMILES string of the molecule is CC(C)C(C(N)c1ccccc1)n1ncc2ccccc21. The van der Waals surface area contributed by atoms with Crippen LogP contribution in [-0.4, -0.2) is 9.78 Å². The van der Waals surface area contributed by atoms with E-state index in [-0.39, 0.29) is 12.1 Å². The Bertz CT molecular complexity index is 715. The van der Waals surface area contributed by atoms with Crippen LogP contribution in [0.15, 0.2) is 60.8 Å². The molecular weight excluding hydrogens is 258 g/mol. The summed E-state index contributed by atoms with van der Waals surface area (Å²) >= 11 is 0. The minimum atomic E-state index is -0.0745. The molecule has 0 aliphatic rings. The van der Waals surface area contributed by atoms with Gasteiger partial charge in [-0.15, -0.1) is 0 Å². The van der Waals surface area contributed by atoms with Crippen molar-refractivity contribution in [3.05, 3.63) is 66.4 Å². The van der Waals surface area contributed by atoms with Gasteiger partial charge in [-0.05, 0) is 17.5 Å². The van der Waals surface area contributed by atoms with Gasteiger partial charge < -0.3 is 5.73 Å². The van der Waals surface area contributed by atoms with Gasteiger partial charge in [0.05, 0.1) is 23.8 Å². The third-order valence-corrected chi connectivity index (χ3v) is 4.02. The number of benzene rings is 2. The highest BCUT2D eigenvalue weighted by Crippen LogP contribution is 2.32. The number of hydrogen-bond acceptors (Lipinski definition) is 2. The first-order valence-electron chi connectivity index (χ1n) is 7.41. The Morgan fingerprint density at radius 1 is 0.952 bits per heavy atom. The Morgan fingerprint density at radius 2 is 1.62 bits per heavy atom. The molecule has 2 atom stereocenters. The molecule has 0 bridgehead atoms. The molecule has 108 valence electrons. The molecule has 3 aromatic rings. The molecule has 2 aromatic carbocycles. The van der Waals surface area contributed by atoms with Crippen molar-refractivity contribution in [1.82, 2.24) is 9.78 Å². The number of fused-ring (bicyclic) bond motifs is 1. The van der Waals surface area contributed by atoms with Gasteiger partial charge >= 0.3 is 0 Å². The lowest BCUT2D eigenvalue weighted by Crippen LogP contribution is -2.29. The third-order valence-electron chi connectivity index (χ3n) is 4.02. The first-order valence-corrected chi connectivity index (χ1v) is 7.41. The van der Waals surface area contributed by atoms with E-state index in [4.69, 9.17) is 5.73 Å². The van der Waals surface area contributed by atoms with E-state index in [2.05, 4.69) is 47.9 Å². The van der Waals surface area contributed by atoms with Crippen LogP contribution in [0.5, 0.6) is 0 Å². The molecule has 0 amide bonds. The lowest BCUT2D eigenvalue weighted by molar-refractivity contribution is 0.302. The zero-order valence-electron chi connectivity index (χ0n) is 12.5. The molecule has 2 N–H and O–H groups in total. The normalized spacial score (nSPS) is 14.5. The van der Waals surface area contributed by atoms with Crippen molar-refractivity contribution in [2.24, 2.45) is 11.7 Å². The molecule has 1 heterocycles. The number of hydrogen-bond donors (Lipinski definition) is 1. The second-order valence-corrected chi connectivity index (χ2v) is 5.82. The molecule has 1 aromatic heterocycles. The molecule has 3 nitrogen and oxygen atoms in total. The standard InChI is InChI=1S/C18H21N3/c1-13(2)18(17(19)14-8-4-3-5-9-14)21-16-11-7-6-10-15(16)12-20-21/h3-13,17-18H,19H2,1-2H3. The molecule has 0 fully saturated rings. The van der Waals surface area contributed by atoms with Crippen LogP contribution in [0.3, 0.4) is 0 Å². The van der Waals surface area contributed by atoms with Crippen LogP contribution < -0.4 is 5.73 Å². The fourth-order valence-electron chi connectivity index (χ4n) is 2.95. The zero-order chi connectivity index (χ0) is 14.8. The number of aromatic nitrogens is 2. The van der Waals surface area contributed by atoms with Gasteiger partial charge in [0.15, 0.2) is 0 Å². The van der Waals surface area contributed by atoms with Crippen molar-refractivity contribution < 1.29 is 0 Å². The largest absolute Gasteiger partial charge is 0.322 e. The summed E-state index contributed by atoms with van der Waals surface area (Å²) in [4.78, 5) is 0. The van der Waals surface area contributed by atoms with Crippen molar-refractivity contribution >= 4 is 10.9 Å². The minimum Gasteiger partial charge on any atom is -0.322 e. The van der Waals surface area contributed by atoms with E-state index >= 15 is 0 Å². The highest BCUT2D eigenvalue weighted by molar-refractivity contribution is 5.78. The predicted octanol–water partition coefficient (Wildman–Crippen LogP) is 3.93. The molecule has 0 aliphatic heterocycles. The van der Waals surface area contributed by atoms with Gasteiger partial charge in [-0.25, -0.2) is 0 Å². The van der Waals surface area contributed by atoms with Gasteiger partial charge in [0.1, 0.15) is 0 Å². The van der Waals surface area contributed by atoms with Gasteiger partial charge in [-0.3, -0.25) is 4.68 Å². The second kappa shape index (κ2) is 5.70. The smallest absolute Gasteiger partial charge is 0.0741 e. The highest BCUT2D eigenvalue weighted by Gasteiger charge is 2.26. The van der Waals surface area contributed by atoms with Gasteiger partial charge in [-0.1, -0.05) is 62.4 Å². The zero-order valence-corrected chi connectivity index (χ0v) is 12.5. The van der Waals surface area contributed by atoms with Crippen molar-refractivity contribution in [1.29, 1.82) is 0 Å². The molecule has 0 saturated heterocycles. The van der Waals surface area contributed by atoms with Gasteiger partial charge in [0, 0.05) is 5.39 Å². The number of para-hydroxylation sites is 1. The predicted molar refractivity (Wildman–Crippen MR) is 87.0 cm³/mol. The van der Waals surface area contributed by atoms with Gasteiger partial charge in [0.2, 0.25) is 0 Å². The topological polar surface area (TPSA) is 43.8 Å². The van der Waals surface area contributed by atoms with E-state index < -0.39 is 0 Å². The summed E-state index contributed by atoms with van der Waals surface area (Å²) in [6, 6.07) is 18.6. The summed E-state index contributed by atoms with van der Waals surface area (Å²) in [5.74, 6) is 0.392. The quantitative estimate of drug-likeness (QED) is 0.786. The number of nitrogens with two attached hydrogens (primary N) is 1. The molecule has 21 heavy (non-hydrogen) atoms. The Labute approximate surface area is 125 Å². The second-order valence-electron chi connectivity index (χ2n) is 5.82. The van der Waals surface area contributed by atoms with Crippen molar-refractivity contribution in [2.45, 2.75) is 25.9 Å². The van der Waals surface area contributed by atoms with Crippen LogP contribution in [0, 0.1) is 5.92 Å². The van der Waals surface area contributed by atoms with Crippen LogP contribution in [0.25, 0.3) is 10.9 Å². The fourth-order valence-corrected chi connectivity index (χ4v) is 2.95. The summed E-state index contributed by atoms with van der Waals surface area (Å²) < 4.78 is 2.08. The average molecular weight is 279 g/mol. The van der Waals surface area contributed by atoms with Crippen LogP contribution in [0.2, 0.25) is 0 Å². The molecule has 0 spiro atoms. The summed E-state index contributed by atoms with van der Waals surface area (Å²) in [5, 5.41) is 5.76. The lowest BCUT2D eigenvalue weighted by atomic mass is 9.91. The summed E-state index contributed by atoms with van der Waals surface area (Å²) in [5.41, 5.74) is 8.85. The monoisotopic (exact) mass is 279 g/mol. The maximum Gasteiger partial charge on any atom is 0.0741 e. The highest BCUT2D eigenvalue weighted by atomic mass is 15.3. The fraction of sp³-hybridized carbons (Fsp3) is 0.278. The average Bonchev–Trinajstić information content (AvgIpc) is 2.92. The van der Waals surface area contributed by atoms with E-state index in [0.717, 1.165) is 16.5 Å². The number of rotatable bonds is 4. The summed E-state index contributed by atoms with van der Waals surface area (Å²) in [6.07, 6.45) is 1.92. The van der Waals surface area contributed by atoms with Crippen LogP contribution in [-0.2, 0) is 0 Å². The summed E-state index contributed by atoms with van der Waals surface area (Å²) in [6.45, 7) is 4.40. The molecule has 0 aliphatic carbocycles. The molecule has 3 rings (SSSR count). The Morgan fingerprint density at radius 3 is 2.33 bits per heavy atom. The molecular formula is C18H21N3. The van der Waals surface area contributed by atoms with E-state index in [1.807, 2.05) is 36.5 Å². The van der Waals surface area contributed by atoms with Crippen molar-refractivity contribution in [3.8, 4) is 0 Å². The Balaban J connectivity index is 2.06. The van der Waals surface area contributed by atoms with E-state index in [1.165, 1.54) is 0 Å². The van der Waals surface area contributed by atoms with Crippen LogP contribution in [0.1, 0.15) is 31.5 Å². The van der Waals surface area contributed by atoms with E-state index in [0.29, 0.717) is 5.92 Å². The van der Waals surface area contributed by atoms with Gasteiger partial charge in [-0.2, -0.15) is 5.10 Å². The Hall–Kier alpha value is -2.13. The first kappa shape index (κ1) is 13.8. The molecule has 2 unspecified atom stereocenters. The maximum atomic E-state index is 6.56. The minimum absolute atomic E-state index is 0.0745. The van der Waals surface area contributed by atoms with Crippen molar-refractivity contribution in [2.75, 3.05) is 0 Å². The van der Waals surface area contributed by atoms with Crippen LogP contribution in [0.4, 0.5) is 0 Å². The third kappa shape index (κ3) is 2.57. The van der Waals surface area contributed by atoms with Crippen LogP contribution >= 0.6 is 0 Å². The molecule has 3 heteroatoms. The van der Waals surface area contributed by atoms with Crippen molar-refractivity contribution in [3.63, 3.8) is 0 Å². The Kier molecular flexibility index (Phi) is 3.76. The number of nitrogens with zero attached hydrogens (tertiary/aromatic N) is 2. The van der Waals surface area contributed by atoms with Gasteiger partial charge in [0.25, 0.3) is 0 Å².